The number of benzene rings is 1. The lowest BCUT2D eigenvalue weighted by atomic mass is 10.0. The van der Waals surface area contributed by atoms with Crippen LogP contribution in [0.15, 0.2) is 47.2 Å². The molecule has 5 aromatic heterocycles. The number of thiophene rings is 4. The molecule has 0 saturated heterocycles. The van der Waals surface area contributed by atoms with Crippen LogP contribution in [0.1, 0.15) is 224 Å². The first kappa shape index (κ1) is 51.7. The number of aromatic nitrogens is 2. The Balaban J connectivity index is 1.24. The van der Waals surface area contributed by atoms with Gasteiger partial charge in [-0.25, -0.2) is 0 Å². The second kappa shape index (κ2) is 29.9. The third-order valence-electron chi connectivity index (χ3n) is 13.2. The van der Waals surface area contributed by atoms with Crippen molar-refractivity contribution >= 4 is 92.4 Å². The van der Waals surface area contributed by atoms with Crippen molar-refractivity contribution in [1.29, 1.82) is 0 Å². The Morgan fingerprint density at radius 1 is 0.369 bits per heavy atom. The van der Waals surface area contributed by atoms with Crippen LogP contribution in [0, 0.1) is 0 Å². The largest absolute Gasteiger partial charge is 0.172 e. The van der Waals surface area contributed by atoms with Crippen LogP contribution in [0.5, 0.6) is 0 Å². The Morgan fingerprint density at radius 2 is 0.692 bits per heavy atom. The maximum Gasteiger partial charge on any atom is 0.114 e. The van der Waals surface area contributed by atoms with Crippen molar-refractivity contribution in [3.05, 3.63) is 88.9 Å². The molecule has 0 fully saturated rings. The van der Waals surface area contributed by atoms with E-state index in [1.165, 1.54) is 241 Å². The Morgan fingerprint density at radius 3 is 1.06 bits per heavy atom. The number of aryl methyl sites for hydroxylation is 4. The van der Waals surface area contributed by atoms with Crippen molar-refractivity contribution in [2.24, 2.45) is 0 Å². The van der Waals surface area contributed by atoms with Gasteiger partial charge in [0.1, 0.15) is 11.0 Å². The van der Waals surface area contributed by atoms with Gasteiger partial charge in [0.25, 0.3) is 0 Å². The molecule has 0 radical (unpaired) electrons. The highest BCUT2D eigenvalue weighted by molar-refractivity contribution is 7.17. The second-order valence-corrected chi connectivity index (χ2v) is 23.1. The normalized spacial score (nSPS) is 12.1. The van der Waals surface area contributed by atoms with Crippen molar-refractivity contribution in [2.75, 3.05) is 0 Å². The fourth-order valence-electron chi connectivity index (χ4n) is 9.17. The van der Waals surface area contributed by atoms with Crippen molar-refractivity contribution < 1.29 is 0 Å². The first-order valence-corrected chi connectivity index (χ1v) is 30.3. The van der Waals surface area contributed by atoms with Crippen LogP contribution in [0.3, 0.4) is 0 Å². The minimum atomic E-state index is 1.05. The van der Waals surface area contributed by atoms with Crippen LogP contribution in [-0.4, -0.2) is 8.75 Å². The van der Waals surface area contributed by atoms with E-state index in [-0.39, 0.29) is 0 Å². The van der Waals surface area contributed by atoms with E-state index in [0.29, 0.717) is 0 Å². The van der Waals surface area contributed by atoms with E-state index < -0.39 is 0 Å². The van der Waals surface area contributed by atoms with Gasteiger partial charge in [0, 0.05) is 40.4 Å². The summed E-state index contributed by atoms with van der Waals surface area (Å²) in [5.74, 6) is 0. The van der Waals surface area contributed by atoms with E-state index in [1.54, 1.807) is 0 Å². The third kappa shape index (κ3) is 16.5. The first-order chi connectivity index (χ1) is 32.1. The number of hydrogen-bond acceptors (Lipinski definition) is 7. The van der Waals surface area contributed by atoms with Gasteiger partial charge in [-0.15, -0.1) is 45.3 Å². The third-order valence-corrected chi connectivity index (χ3v) is 17.9. The summed E-state index contributed by atoms with van der Waals surface area (Å²) >= 11 is 9.06. The topological polar surface area (TPSA) is 25.8 Å². The number of nitrogens with zero attached hydrogens (tertiary/aromatic N) is 2. The minimum Gasteiger partial charge on any atom is -0.172 e. The van der Waals surface area contributed by atoms with Gasteiger partial charge in [0.05, 0.1) is 11.7 Å². The molecule has 65 heavy (non-hydrogen) atoms. The standard InChI is InChI=1S/C58H80N2S5/c1-5-9-13-17-21-25-29-45-39-41-61-51(45)35-37-53-47(31-27-23-19-15-11-7-3)43-55(63-53)49-33-34-50(58-57(49)59-65-60-58)56-44-48(32-28-24-20-16-12-8-4)54(64-56)38-36-52-46(40-42-62-52)30-26-22-18-14-10-6-2/h33-44H,5-32H2,1-4H3. The molecule has 0 amide bonds. The quantitative estimate of drug-likeness (QED) is 0.0377. The molecule has 5 heterocycles. The summed E-state index contributed by atoms with van der Waals surface area (Å²) in [5, 5.41) is 4.58. The van der Waals surface area contributed by atoms with Gasteiger partial charge in [-0.2, -0.15) is 8.75 Å². The Hall–Kier alpha value is -2.68. The van der Waals surface area contributed by atoms with E-state index >= 15 is 0 Å². The summed E-state index contributed by atoms with van der Waals surface area (Å²) < 4.78 is 10.1. The molecule has 0 aliphatic rings. The van der Waals surface area contributed by atoms with E-state index in [2.05, 4.69) is 99.2 Å². The van der Waals surface area contributed by atoms with Crippen LogP contribution in [0.2, 0.25) is 0 Å². The predicted molar refractivity (Wildman–Crippen MR) is 299 cm³/mol. The highest BCUT2D eigenvalue weighted by Crippen LogP contribution is 2.43. The lowest BCUT2D eigenvalue weighted by molar-refractivity contribution is 0.607. The highest BCUT2D eigenvalue weighted by atomic mass is 32.1. The number of unbranched alkanes of at least 4 members (excludes halogenated alkanes) is 20. The van der Waals surface area contributed by atoms with Crippen LogP contribution in [0.4, 0.5) is 0 Å². The lowest BCUT2D eigenvalue weighted by Gasteiger charge is -2.04. The number of hydrogen-bond donors (Lipinski definition) is 0. The van der Waals surface area contributed by atoms with Crippen molar-refractivity contribution in [3.8, 4) is 20.9 Å². The van der Waals surface area contributed by atoms with Gasteiger partial charge in [-0.1, -0.05) is 168 Å². The molecule has 7 heteroatoms. The fourth-order valence-corrected chi connectivity index (χ4v) is 13.7. The fraction of sp³-hybridized carbons (Fsp3) is 0.552. The zero-order chi connectivity index (χ0) is 45.3. The maximum atomic E-state index is 5.03. The van der Waals surface area contributed by atoms with Gasteiger partial charge in [-0.05, 0) is 133 Å². The van der Waals surface area contributed by atoms with E-state index in [4.69, 9.17) is 8.75 Å². The molecule has 352 valence electrons. The van der Waals surface area contributed by atoms with Gasteiger partial charge < -0.3 is 0 Å². The average Bonchev–Trinajstić information content (AvgIpc) is 4.19. The van der Waals surface area contributed by atoms with Crippen LogP contribution < -0.4 is 0 Å². The molecule has 0 N–H and O–H groups in total. The van der Waals surface area contributed by atoms with Gasteiger partial charge >= 0.3 is 0 Å². The van der Waals surface area contributed by atoms with E-state index in [9.17, 15) is 0 Å². The molecule has 0 atom stereocenters. The molecule has 0 aliphatic heterocycles. The molecular weight excluding hydrogens is 885 g/mol. The smallest absolute Gasteiger partial charge is 0.114 e. The Bertz CT molecular complexity index is 2120. The molecule has 0 spiro atoms. The number of rotatable bonds is 34. The summed E-state index contributed by atoms with van der Waals surface area (Å²) in [6.07, 6.45) is 46.3. The highest BCUT2D eigenvalue weighted by Gasteiger charge is 2.19. The monoisotopic (exact) mass is 964 g/mol. The molecular formula is C58H80N2S5. The van der Waals surface area contributed by atoms with Crippen molar-refractivity contribution in [2.45, 2.75) is 207 Å². The lowest BCUT2D eigenvalue weighted by Crippen LogP contribution is -1.87. The molecule has 0 saturated carbocycles. The van der Waals surface area contributed by atoms with Crippen molar-refractivity contribution in [3.63, 3.8) is 0 Å². The van der Waals surface area contributed by atoms with Gasteiger partial charge in [0.2, 0.25) is 0 Å². The zero-order valence-electron chi connectivity index (χ0n) is 40.7. The van der Waals surface area contributed by atoms with E-state index in [1.807, 2.05) is 45.3 Å². The summed E-state index contributed by atoms with van der Waals surface area (Å²) in [4.78, 5) is 8.31. The van der Waals surface area contributed by atoms with Gasteiger partial charge in [-0.3, -0.25) is 0 Å². The van der Waals surface area contributed by atoms with Crippen LogP contribution in [-0.2, 0) is 25.7 Å². The predicted octanol–water partition coefficient (Wildman–Crippen LogP) is 21.2. The molecule has 0 aliphatic carbocycles. The second-order valence-electron chi connectivity index (χ2n) is 18.5. The molecule has 2 nitrogen and oxygen atoms in total. The molecule has 6 rings (SSSR count). The molecule has 0 unspecified atom stereocenters. The number of fused-ring (bicyclic) bond motifs is 1. The Kier molecular flexibility index (Phi) is 23.8. The van der Waals surface area contributed by atoms with Crippen molar-refractivity contribution in [1.82, 2.24) is 8.75 Å². The molecule has 0 bridgehead atoms. The average molecular weight is 966 g/mol. The van der Waals surface area contributed by atoms with Crippen LogP contribution in [0.25, 0.3) is 56.2 Å². The summed E-state index contributed by atoms with van der Waals surface area (Å²) in [6, 6.07) is 14.4. The Labute approximate surface area is 415 Å². The molecule has 6 aromatic rings. The SMILES string of the molecule is CCCCCCCCc1ccsc1C=Cc1sc(-c2ccc(-c3cc(CCCCCCCC)c(C=Cc4sccc4CCCCCCCC)s3)c3nsnc23)cc1CCCCCCCC. The van der Waals surface area contributed by atoms with Gasteiger partial charge in [0.15, 0.2) is 0 Å². The molecule has 1 aromatic carbocycles. The van der Waals surface area contributed by atoms with Crippen LogP contribution >= 0.6 is 57.1 Å². The zero-order valence-corrected chi connectivity index (χ0v) is 44.7. The van der Waals surface area contributed by atoms with E-state index in [0.717, 1.165) is 23.9 Å². The minimum absolute atomic E-state index is 1.05. The first-order valence-electron chi connectivity index (χ1n) is 26.1. The summed E-state index contributed by atoms with van der Waals surface area (Å²) in [7, 11) is 0. The maximum absolute atomic E-state index is 5.03. The summed E-state index contributed by atoms with van der Waals surface area (Å²) in [6.45, 7) is 9.22. The summed E-state index contributed by atoms with van der Waals surface area (Å²) in [5.41, 5.74) is 10.6.